The maximum Gasteiger partial charge on any atom is 0.226 e. The number of nitrogens with zero attached hydrogens (tertiary/aromatic N) is 1. The molecule has 4 nitrogen and oxygen atoms in total. The normalized spacial score (nSPS) is 18.3. The van der Waals surface area contributed by atoms with E-state index in [0.29, 0.717) is 12.1 Å². The van der Waals surface area contributed by atoms with Crippen molar-refractivity contribution in [3.63, 3.8) is 0 Å². The highest BCUT2D eigenvalue weighted by molar-refractivity contribution is 5.91. The number of hydrogen-bond acceptors (Lipinski definition) is 3. The molecule has 0 bridgehead atoms. The minimum Gasteiger partial charge on any atom is -0.325 e. The Labute approximate surface area is 106 Å². The van der Waals surface area contributed by atoms with E-state index in [-0.39, 0.29) is 11.4 Å². The molecule has 1 saturated carbocycles. The fourth-order valence-corrected chi connectivity index (χ4v) is 2.41. The van der Waals surface area contributed by atoms with Gasteiger partial charge in [0, 0.05) is 12.0 Å². The van der Waals surface area contributed by atoms with Crippen molar-refractivity contribution in [1.29, 1.82) is 0 Å². The van der Waals surface area contributed by atoms with Crippen LogP contribution in [0.2, 0.25) is 0 Å². The molecule has 1 aliphatic carbocycles. The number of rotatable bonds is 3. The minimum absolute atomic E-state index is 0.132. The van der Waals surface area contributed by atoms with Crippen LogP contribution in [-0.2, 0) is 4.79 Å². The van der Waals surface area contributed by atoms with E-state index in [2.05, 4.69) is 10.3 Å². The third kappa shape index (κ3) is 3.50. The van der Waals surface area contributed by atoms with Gasteiger partial charge in [-0.3, -0.25) is 4.79 Å². The summed E-state index contributed by atoms with van der Waals surface area (Å²) in [4.78, 5) is 15.3. The SMILES string of the molecule is NC1(CC(=O)Nc2ccc(F)nc2)CCCCC1. The van der Waals surface area contributed by atoms with Gasteiger partial charge in [-0.05, 0) is 25.0 Å². The number of halogens is 1. The summed E-state index contributed by atoms with van der Waals surface area (Å²) in [5.41, 5.74) is 6.32. The van der Waals surface area contributed by atoms with Crippen molar-refractivity contribution in [3.8, 4) is 0 Å². The van der Waals surface area contributed by atoms with Gasteiger partial charge in [0.15, 0.2) is 0 Å². The van der Waals surface area contributed by atoms with Crippen LogP contribution in [0, 0.1) is 5.95 Å². The number of amides is 1. The van der Waals surface area contributed by atoms with Gasteiger partial charge in [0.25, 0.3) is 0 Å². The van der Waals surface area contributed by atoms with E-state index >= 15 is 0 Å². The number of hydrogen-bond donors (Lipinski definition) is 2. The second kappa shape index (κ2) is 5.44. The highest BCUT2D eigenvalue weighted by atomic mass is 19.1. The van der Waals surface area contributed by atoms with E-state index < -0.39 is 5.95 Å². The van der Waals surface area contributed by atoms with Gasteiger partial charge < -0.3 is 11.1 Å². The molecule has 2 rings (SSSR count). The molecule has 1 amide bonds. The quantitative estimate of drug-likeness (QED) is 0.809. The standard InChI is InChI=1S/C13H18FN3O/c14-11-5-4-10(9-16-11)17-12(18)8-13(15)6-2-1-3-7-13/h4-5,9H,1-3,6-8,15H2,(H,17,18). The Kier molecular flexibility index (Phi) is 3.91. The monoisotopic (exact) mass is 251 g/mol. The zero-order chi connectivity index (χ0) is 13.0. The first kappa shape index (κ1) is 13.0. The van der Waals surface area contributed by atoms with Crippen LogP contribution in [-0.4, -0.2) is 16.4 Å². The fraction of sp³-hybridized carbons (Fsp3) is 0.538. The molecule has 0 atom stereocenters. The molecule has 1 heterocycles. The zero-order valence-electron chi connectivity index (χ0n) is 10.3. The Bertz CT molecular complexity index is 413. The molecule has 3 N–H and O–H groups in total. The molecule has 18 heavy (non-hydrogen) atoms. The first-order chi connectivity index (χ1) is 8.57. The molecular formula is C13H18FN3O. The number of nitrogens with two attached hydrogens (primary N) is 1. The molecule has 0 saturated heterocycles. The second-order valence-corrected chi connectivity index (χ2v) is 5.02. The van der Waals surface area contributed by atoms with Crippen LogP contribution in [0.1, 0.15) is 38.5 Å². The van der Waals surface area contributed by atoms with Crippen LogP contribution in [0.3, 0.4) is 0 Å². The number of anilines is 1. The van der Waals surface area contributed by atoms with Gasteiger partial charge in [-0.1, -0.05) is 19.3 Å². The van der Waals surface area contributed by atoms with E-state index in [1.807, 2.05) is 0 Å². The second-order valence-electron chi connectivity index (χ2n) is 5.02. The average molecular weight is 251 g/mol. The summed E-state index contributed by atoms with van der Waals surface area (Å²) in [5.74, 6) is -0.691. The Hall–Kier alpha value is -1.49. The number of carbonyl (C=O) groups is 1. The van der Waals surface area contributed by atoms with E-state index in [1.165, 1.54) is 24.8 Å². The molecule has 1 aromatic rings. The lowest BCUT2D eigenvalue weighted by Crippen LogP contribution is -2.44. The molecule has 0 spiro atoms. The van der Waals surface area contributed by atoms with E-state index in [0.717, 1.165) is 25.7 Å². The summed E-state index contributed by atoms with van der Waals surface area (Å²) in [6, 6.07) is 2.71. The minimum atomic E-state index is -0.560. The predicted octanol–water partition coefficient (Wildman–Crippen LogP) is 2.21. The molecule has 5 heteroatoms. The van der Waals surface area contributed by atoms with E-state index in [9.17, 15) is 9.18 Å². The lowest BCUT2D eigenvalue weighted by molar-refractivity contribution is -0.117. The molecule has 1 aromatic heterocycles. The van der Waals surface area contributed by atoms with Gasteiger partial charge in [0.05, 0.1) is 11.9 Å². The van der Waals surface area contributed by atoms with Gasteiger partial charge >= 0.3 is 0 Å². The van der Waals surface area contributed by atoms with E-state index in [4.69, 9.17) is 5.73 Å². The molecule has 0 unspecified atom stereocenters. The summed E-state index contributed by atoms with van der Waals surface area (Å²) in [6.45, 7) is 0. The van der Waals surface area contributed by atoms with Crippen LogP contribution >= 0.6 is 0 Å². The smallest absolute Gasteiger partial charge is 0.226 e. The van der Waals surface area contributed by atoms with Crippen molar-refractivity contribution < 1.29 is 9.18 Å². The molecule has 1 aliphatic rings. The fourth-order valence-electron chi connectivity index (χ4n) is 2.41. The Morgan fingerprint density at radius 1 is 1.39 bits per heavy atom. The summed E-state index contributed by atoms with van der Waals surface area (Å²) in [7, 11) is 0. The first-order valence-electron chi connectivity index (χ1n) is 6.28. The van der Waals surface area contributed by atoms with Crippen molar-refractivity contribution in [3.05, 3.63) is 24.3 Å². The summed E-state index contributed by atoms with van der Waals surface area (Å²) >= 11 is 0. The number of nitrogens with one attached hydrogen (secondary N) is 1. The van der Waals surface area contributed by atoms with E-state index in [1.54, 1.807) is 0 Å². The first-order valence-corrected chi connectivity index (χ1v) is 6.28. The number of carbonyl (C=O) groups excluding carboxylic acids is 1. The highest BCUT2D eigenvalue weighted by Gasteiger charge is 2.29. The van der Waals surface area contributed by atoms with Crippen LogP contribution < -0.4 is 11.1 Å². The van der Waals surface area contributed by atoms with Crippen LogP contribution in [0.25, 0.3) is 0 Å². The molecule has 0 aromatic carbocycles. The van der Waals surface area contributed by atoms with Gasteiger partial charge in [0.1, 0.15) is 0 Å². The zero-order valence-corrected chi connectivity index (χ0v) is 10.3. The Morgan fingerprint density at radius 2 is 2.11 bits per heavy atom. The predicted molar refractivity (Wildman–Crippen MR) is 67.4 cm³/mol. The van der Waals surface area contributed by atoms with Gasteiger partial charge in [-0.25, -0.2) is 4.98 Å². The van der Waals surface area contributed by atoms with Crippen molar-refractivity contribution >= 4 is 11.6 Å². The molecular weight excluding hydrogens is 233 g/mol. The number of aromatic nitrogens is 1. The van der Waals surface area contributed by atoms with Gasteiger partial charge in [-0.2, -0.15) is 4.39 Å². The molecule has 1 fully saturated rings. The maximum absolute atomic E-state index is 12.6. The average Bonchev–Trinajstić information content (AvgIpc) is 2.32. The molecule has 0 aliphatic heterocycles. The summed E-state index contributed by atoms with van der Waals surface area (Å²) in [6.07, 6.45) is 6.76. The lowest BCUT2D eigenvalue weighted by atomic mass is 9.80. The van der Waals surface area contributed by atoms with Crippen LogP contribution in [0.5, 0.6) is 0 Å². The number of pyridine rings is 1. The van der Waals surface area contributed by atoms with Crippen molar-refractivity contribution in [1.82, 2.24) is 4.98 Å². The Balaban J connectivity index is 1.90. The van der Waals surface area contributed by atoms with Crippen molar-refractivity contribution in [2.24, 2.45) is 5.73 Å². The maximum atomic E-state index is 12.6. The third-order valence-corrected chi connectivity index (χ3v) is 3.37. The largest absolute Gasteiger partial charge is 0.325 e. The van der Waals surface area contributed by atoms with Gasteiger partial charge in [-0.15, -0.1) is 0 Å². The molecule has 98 valence electrons. The highest BCUT2D eigenvalue weighted by Crippen LogP contribution is 2.28. The third-order valence-electron chi connectivity index (χ3n) is 3.37. The Morgan fingerprint density at radius 3 is 2.72 bits per heavy atom. The van der Waals surface area contributed by atoms with Crippen LogP contribution in [0.4, 0.5) is 10.1 Å². The lowest BCUT2D eigenvalue weighted by Gasteiger charge is -2.32. The van der Waals surface area contributed by atoms with Gasteiger partial charge in [0.2, 0.25) is 11.9 Å². The van der Waals surface area contributed by atoms with Crippen molar-refractivity contribution in [2.45, 2.75) is 44.1 Å². The summed E-state index contributed by atoms with van der Waals surface area (Å²) < 4.78 is 12.6. The van der Waals surface area contributed by atoms with Crippen LogP contribution in [0.15, 0.2) is 18.3 Å². The molecule has 0 radical (unpaired) electrons. The summed E-state index contributed by atoms with van der Waals surface area (Å²) in [5, 5.41) is 2.69. The van der Waals surface area contributed by atoms with Crippen molar-refractivity contribution in [2.75, 3.05) is 5.32 Å². The topological polar surface area (TPSA) is 68.0 Å².